The summed E-state index contributed by atoms with van der Waals surface area (Å²) in [4.78, 5) is 0. The summed E-state index contributed by atoms with van der Waals surface area (Å²) in [5.41, 5.74) is 2.35. The molecule has 4 nitrogen and oxygen atoms in total. The molecule has 2 fully saturated rings. The highest BCUT2D eigenvalue weighted by atomic mass is 15.2. The third-order valence-corrected chi connectivity index (χ3v) is 4.46. The summed E-state index contributed by atoms with van der Waals surface area (Å²) in [6.07, 6.45) is 7.31. The number of para-hydroxylation sites is 1. The van der Waals surface area contributed by atoms with E-state index in [0.717, 1.165) is 23.2 Å². The molecule has 0 aliphatic heterocycles. The molecule has 1 aromatic carbocycles. The molecular weight excluding hydrogens is 248 g/mol. The zero-order valence-corrected chi connectivity index (χ0v) is 11.8. The van der Waals surface area contributed by atoms with Gasteiger partial charge in [-0.25, -0.2) is 0 Å². The molecule has 0 saturated heterocycles. The third-order valence-electron chi connectivity index (χ3n) is 4.46. The summed E-state index contributed by atoms with van der Waals surface area (Å²) in [5, 5.41) is 12.1. The lowest BCUT2D eigenvalue weighted by Crippen LogP contribution is -2.24. The first kappa shape index (κ1) is 11.9. The van der Waals surface area contributed by atoms with Gasteiger partial charge in [-0.3, -0.25) is 0 Å². The fourth-order valence-corrected chi connectivity index (χ4v) is 3.04. The largest absolute Gasteiger partial charge is 0.381 e. The normalized spacial score (nSPS) is 18.5. The number of aromatic nitrogens is 3. The number of nitrogens with one attached hydrogen (secondary N) is 1. The Hall–Kier alpha value is -1.84. The molecule has 0 bridgehead atoms. The highest BCUT2D eigenvalue weighted by Crippen LogP contribution is 2.46. The standard InChI is InChI=1S/C16H20N4/c1-20-10-17-19-16(20)13-4-2-3-5-14(13)18-15(11-6-7-11)12-8-9-12/h2-5,10-12,15,18H,6-9H2,1H3. The Bertz CT molecular complexity index is 598. The minimum Gasteiger partial charge on any atom is -0.381 e. The van der Waals surface area contributed by atoms with Gasteiger partial charge in [0, 0.05) is 24.3 Å². The Balaban J connectivity index is 1.66. The Labute approximate surface area is 119 Å². The van der Waals surface area contributed by atoms with Gasteiger partial charge in [0.05, 0.1) is 0 Å². The van der Waals surface area contributed by atoms with Crippen LogP contribution in [0.4, 0.5) is 5.69 Å². The van der Waals surface area contributed by atoms with Gasteiger partial charge >= 0.3 is 0 Å². The van der Waals surface area contributed by atoms with Gasteiger partial charge in [-0.15, -0.1) is 10.2 Å². The SMILES string of the molecule is Cn1cnnc1-c1ccccc1NC(C1CC1)C1CC1. The van der Waals surface area contributed by atoms with Crippen molar-refractivity contribution < 1.29 is 0 Å². The number of nitrogens with zero attached hydrogens (tertiary/aromatic N) is 3. The Morgan fingerprint density at radius 2 is 1.85 bits per heavy atom. The van der Waals surface area contributed by atoms with Crippen LogP contribution in [-0.2, 0) is 7.05 Å². The summed E-state index contributed by atoms with van der Waals surface area (Å²) in [5.74, 6) is 2.70. The molecule has 104 valence electrons. The first-order valence-corrected chi connectivity index (χ1v) is 7.53. The van der Waals surface area contributed by atoms with Crippen molar-refractivity contribution in [3.63, 3.8) is 0 Å². The lowest BCUT2D eigenvalue weighted by molar-refractivity contribution is 0.568. The van der Waals surface area contributed by atoms with E-state index >= 15 is 0 Å². The van der Waals surface area contributed by atoms with Crippen molar-refractivity contribution in [3.8, 4) is 11.4 Å². The maximum absolute atomic E-state index is 4.25. The van der Waals surface area contributed by atoms with Gasteiger partial charge in [-0.2, -0.15) is 0 Å². The van der Waals surface area contributed by atoms with Crippen molar-refractivity contribution in [3.05, 3.63) is 30.6 Å². The van der Waals surface area contributed by atoms with Gasteiger partial charge in [-0.1, -0.05) is 12.1 Å². The maximum atomic E-state index is 4.25. The monoisotopic (exact) mass is 268 g/mol. The van der Waals surface area contributed by atoms with E-state index in [2.05, 4.69) is 39.8 Å². The molecule has 20 heavy (non-hydrogen) atoms. The number of hydrogen-bond acceptors (Lipinski definition) is 3. The van der Waals surface area contributed by atoms with Crippen molar-refractivity contribution in [2.75, 3.05) is 5.32 Å². The van der Waals surface area contributed by atoms with E-state index in [1.165, 1.54) is 31.4 Å². The fraction of sp³-hybridized carbons (Fsp3) is 0.500. The van der Waals surface area contributed by atoms with Gasteiger partial charge in [0.2, 0.25) is 0 Å². The van der Waals surface area contributed by atoms with Crippen LogP contribution in [0.2, 0.25) is 0 Å². The number of anilines is 1. The Morgan fingerprint density at radius 3 is 2.45 bits per heavy atom. The van der Waals surface area contributed by atoms with Crippen LogP contribution < -0.4 is 5.32 Å². The predicted molar refractivity (Wildman–Crippen MR) is 79.3 cm³/mol. The highest BCUT2D eigenvalue weighted by Gasteiger charge is 2.41. The van der Waals surface area contributed by atoms with E-state index in [0.29, 0.717) is 6.04 Å². The van der Waals surface area contributed by atoms with Crippen LogP contribution in [-0.4, -0.2) is 20.8 Å². The third kappa shape index (κ3) is 2.19. The molecule has 1 aromatic heterocycles. The van der Waals surface area contributed by atoms with Crippen LogP contribution in [0.25, 0.3) is 11.4 Å². The maximum Gasteiger partial charge on any atom is 0.165 e. The summed E-state index contributed by atoms with van der Waals surface area (Å²) in [7, 11) is 1.99. The second kappa shape index (κ2) is 4.62. The number of benzene rings is 1. The molecule has 2 aliphatic rings. The molecule has 0 amide bonds. The summed E-state index contributed by atoms with van der Waals surface area (Å²) in [6.45, 7) is 0. The van der Waals surface area contributed by atoms with Gasteiger partial charge in [0.25, 0.3) is 0 Å². The smallest absolute Gasteiger partial charge is 0.165 e. The van der Waals surface area contributed by atoms with E-state index in [1.807, 2.05) is 11.6 Å². The topological polar surface area (TPSA) is 42.7 Å². The quantitative estimate of drug-likeness (QED) is 0.906. The van der Waals surface area contributed by atoms with Gasteiger partial charge < -0.3 is 9.88 Å². The molecule has 0 radical (unpaired) electrons. The van der Waals surface area contributed by atoms with Crippen molar-refractivity contribution >= 4 is 5.69 Å². The highest BCUT2D eigenvalue weighted by molar-refractivity contribution is 5.73. The molecule has 2 aliphatic carbocycles. The summed E-state index contributed by atoms with van der Waals surface area (Å²) >= 11 is 0. The second-order valence-corrected chi connectivity index (χ2v) is 6.16. The van der Waals surface area contributed by atoms with Crippen molar-refractivity contribution in [2.24, 2.45) is 18.9 Å². The number of aryl methyl sites for hydroxylation is 1. The zero-order chi connectivity index (χ0) is 13.5. The second-order valence-electron chi connectivity index (χ2n) is 6.16. The lowest BCUT2D eigenvalue weighted by Gasteiger charge is -2.21. The van der Waals surface area contributed by atoms with Gasteiger partial charge in [-0.05, 0) is 49.7 Å². The van der Waals surface area contributed by atoms with E-state index in [4.69, 9.17) is 0 Å². The van der Waals surface area contributed by atoms with Crippen molar-refractivity contribution in [2.45, 2.75) is 31.7 Å². The molecule has 0 atom stereocenters. The van der Waals surface area contributed by atoms with Crippen LogP contribution in [0.1, 0.15) is 25.7 Å². The van der Waals surface area contributed by atoms with Gasteiger partial charge in [0.15, 0.2) is 5.82 Å². The van der Waals surface area contributed by atoms with E-state index in [-0.39, 0.29) is 0 Å². The molecular formula is C16H20N4. The molecule has 0 spiro atoms. The minimum atomic E-state index is 0.657. The number of rotatable bonds is 5. The molecule has 4 rings (SSSR count). The number of hydrogen-bond donors (Lipinski definition) is 1. The average molecular weight is 268 g/mol. The summed E-state index contributed by atoms with van der Waals surface area (Å²) < 4.78 is 1.98. The van der Waals surface area contributed by atoms with E-state index < -0.39 is 0 Å². The van der Waals surface area contributed by atoms with Gasteiger partial charge in [0.1, 0.15) is 6.33 Å². The molecule has 4 heteroatoms. The predicted octanol–water partition coefficient (Wildman–Crippen LogP) is 3.08. The van der Waals surface area contributed by atoms with Crippen LogP contribution >= 0.6 is 0 Å². The molecule has 2 aromatic rings. The fourth-order valence-electron chi connectivity index (χ4n) is 3.04. The minimum absolute atomic E-state index is 0.657. The average Bonchev–Trinajstić information content (AvgIpc) is 3.36. The van der Waals surface area contributed by atoms with Crippen molar-refractivity contribution in [1.82, 2.24) is 14.8 Å². The van der Waals surface area contributed by atoms with Crippen LogP contribution in [0.3, 0.4) is 0 Å². The Kier molecular flexibility index (Phi) is 2.76. The van der Waals surface area contributed by atoms with Crippen LogP contribution in [0.15, 0.2) is 30.6 Å². The Morgan fingerprint density at radius 1 is 1.15 bits per heavy atom. The van der Waals surface area contributed by atoms with E-state index in [1.54, 1.807) is 6.33 Å². The van der Waals surface area contributed by atoms with Crippen molar-refractivity contribution in [1.29, 1.82) is 0 Å². The molecule has 0 unspecified atom stereocenters. The molecule has 2 saturated carbocycles. The van der Waals surface area contributed by atoms with E-state index in [9.17, 15) is 0 Å². The first-order chi connectivity index (χ1) is 9.83. The molecule has 1 N–H and O–H groups in total. The lowest BCUT2D eigenvalue weighted by atomic mass is 10.1. The van der Waals surface area contributed by atoms with Crippen LogP contribution in [0, 0.1) is 11.8 Å². The zero-order valence-electron chi connectivity index (χ0n) is 11.8. The summed E-state index contributed by atoms with van der Waals surface area (Å²) in [6, 6.07) is 9.12. The molecule has 1 heterocycles. The first-order valence-electron chi connectivity index (χ1n) is 7.53. The van der Waals surface area contributed by atoms with Crippen LogP contribution in [0.5, 0.6) is 0 Å².